The first-order valence-corrected chi connectivity index (χ1v) is 7.12. The highest BCUT2D eigenvalue weighted by Gasteiger charge is 2.14. The molecule has 19 heavy (non-hydrogen) atoms. The SMILES string of the molecule is COc1cc(NCCCS(N)(=O)=O)ccc1[N+](=O)[O-]. The van der Waals surface area contributed by atoms with Crippen molar-refractivity contribution in [3.8, 4) is 5.75 Å². The molecular formula is C10H15N3O5S. The number of nitro groups is 1. The zero-order chi connectivity index (χ0) is 14.5. The Kier molecular flexibility index (Phi) is 5.07. The van der Waals surface area contributed by atoms with Gasteiger partial charge in [0.2, 0.25) is 10.0 Å². The zero-order valence-electron chi connectivity index (χ0n) is 10.3. The van der Waals surface area contributed by atoms with Gasteiger partial charge in [-0.2, -0.15) is 0 Å². The number of nitrogens with zero attached hydrogens (tertiary/aromatic N) is 1. The van der Waals surface area contributed by atoms with E-state index in [-0.39, 0.29) is 17.2 Å². The van der Waals surface area contributed by atoms with E-state index in [1.54, 1.807) is 0 Å². The fourth-order valence-corrected chi connectivity index (χ4v) is 1.99. The van der Waals surface area contributed by atoms with Crippen LogP contribution in [0, 0.1) is 10.1 Å². The molecular weight excluding hydrogens is 274 g/mol. The lowest BCUT2D eigenvalue weighted by Crippen LogP contribution is -2.18. The summed E-state index contributed by atoms with van der Waals surface area (Å²) in [4.78, 5) is 10.1. The van der Waals surface area contributed by atoms with Crippen molar-refractivity contribution in [3.63, 3.8) is 0 Å². The Hall–Kier alpha value is -1.87. The van der Waals surface area contributed by atoms with Crippen LogP contribution in [0.25, 0.3) is 0 Å². The molecule has 0 saturated heterocycles. The molecule has 0 aliphatic carbocycles. The minimum Gasteiger partial charge on any atom is -0.490 e. The van der Waals surface area contributed by atoms with Crippen molar-refractivity contribution >= 4 is 21.4 Å². The number of hydrogen-bond donors (Lipinski definition) is 2. The van der Waals surface area contributed by atoms with E-state index >= 15 is 0 Å². The van der Waals surface area contributed by atoms with Crippen molar-refractivity contribution in [2.75, 3.05) is 24.7 Å². The third-order valence-corrected chi connectivity index (χ3v) is 3.17. The van der Waals surface area contributed by atoms with Gasteiger partial charge >= 0.3 is 5.69 Å². The fourth-order valence-electron chi connectivity index (χ4n) is 1.44. The lowest BCUT2D eigenvalue weighted by molar-refractivity contribution is -0.385. The van der Waals surface area contributed by atoms with Gasteiger partial charge in [-0.05, 0) is 12.5 Å². The monoisotopic (exact) mass is 289 g/mol. The molecule has 0 saturated carbocycles. The van der Waals surface area contributed by atoms with E-state index in [1.807, 2.05) is 0 Å². The van der Waals surface area contributed by atoms with Crippen molar-refractivity contribution in [2.45, 2.75) is 6.42 Å². The van der Waals surface area contributed by atoms with Crippen molar-refractivity contribution in [1.29, 1.82) is 0 Å². The Labute approximate surface area is 110 Å². The molecule has 0 bridgehead atoms. The molecule has 1 aromatic rings. The van der Waals surface area contributed by atoms with Crippen LogP contribution in [0.15, 0.2) is 18.2 Å². The quantitative estimate of drug-likeness (QED) is 0.432. The minimum atomic E-state index is -3.46. The number of methoxy groups -OCH3 is 1. The molecule has 0 spiro atoms. The smallest absolute Gasteiger partial charge is 0.311 e. The van der Waals surface area contributed by atoms with E-state index in [0.717, 1.165) is 0 Å². The molecule has 9 heteroatoms. The van der Waals surface area contributed by atoms with Gasteiger partial charge in [0, 0.05) is 24.4 Å². The summed E-state index contributed by atoms with van der Waals surface area (Å²) >= 11 is 0. The number of anilines is 1. The molecule has 0 fully saturated rings. The van der Waals surface area contributed by atoms with Crippen molar-refractivity contribution < 1.29 is 18.1 Å². The molecule has 0 atom stereocenters. The Balaban J connectivity index is 2.63. The Morgan fingerprint density at radius 3 is 2.68 bits per heavy atom. The maximum Gasteiger partial charge on any atom is 0.311 e. The first kappa shape index (κ1) is 15.2. The molecule has 1 rings (SSSR count). The van der Waals surface area contributed by atoms with E-state index in [9.17, 15) is 18.5 Å². The summed E-state index contributed by atoms with van der Waals surface area (Å²) in [5, 5.41) is 18.5. The zero-order valence-corrected chi connectivity index (χ0v) is 11.1. The van der Waals surface area contributed by atoms with Crippen LogP contribution in [-0.2, 0) is 10.0 Å². The third-order valence-electron chi connectivity index (χ3n) is 2.31. The van der Waals surface area contributed by atoms with Crippen molar-refractivity contribution in [1.82, 2.24) is 0 Å². The van der Waals surface area contributed by atoms with E-state index < -0.39 is 14.9 Å². The Bertz CT molecular complexity index is 558. The van der Waals surface area contributed by atoms with Crippen LogP contribution in [0.1, 0.15) is 6.42 Å². The number of nitrogens with two attached hydrogens (primary N) is 1. The number of nitrogens with one attached hydrogen (secondary N) is 1. The van der Waals surface area contributed by atoms with Gasteiger partial charge in [0.1, 0.15) is 0 Å². The summed E-state index contributed by atoms with van der Waals surface area (Å²) in [5.74, 6) is 0.0193. The average molecular weight is 289 g/mol. The molecule has 0 aliphatic heterocycles. The standard InChI is InChI=1S/C10H15N3O5S/c1-18-10-7-8(3-4-9(10)13(14)15)12-5-2-6-19(11,16)17/h3-4,7,12H,2,5-6H2,1H3,(H2,11,16,17). The second-order valence-corrected chi connectivity index (χ2v) is 5.53. The van der Waals surface area contributed by atoms with Crippen LogP contribution in [0.4, 0.5) is 11.4 Å². The predicted octanol–water partition coefficient (Wildman–Crippen LogP) is 0.694. The normalized spacial score (nSPS) is 11.1. The van der Waals surface area contributed by atoms with Gasteiger partial charge in [0.05, 0.1) is 17.8 Å². The highest BCUT2D eigenvalue weighted by Crippen LogP contribution is 2.29. The number of benzene rings is 1. The summed E-state index contributed by atoms with van der Waals surface area (Å²) in [5.41, 5.74) is 0.481. The molecule has 106 valence electrons. The van der Waals surface area contributed by atoms with Crippen LogP contribution in [-0.4, -0.2) is 32.7 Å². The minimum absolute atomic E-state index is 0.121. The van der Waals surface area contributed by atoms with Gasteiger partial charge in [0.15, 0.2) is 5.75 Å². The first-order valence-electron chi connectivity index (χ1n) is 5.40. The fraction of sp³-hybridized carbons (Fsp3) is 0.400. The van der Waals surface area contributed by atoms with Crippen LogP contribution in [0.2, 0.25) is 0 Å². The highest BCUT2D eigenvalue weighted by molar-refractivity contribution is 7.89. The molecule has 0 unspecified atom stereocenters. The van der Waals surface area contributed by atoms with Crippen molar-refractivity contribution in [2.24, 2.45) is 5.14 Å². The van der Waals surface area contributed by atoms with Crippen LogP contribution >= 0.6 is 0 Å². The first-order chi connectivity index (χ1) is 8.83. The maximum absolute atomic E-state index is 10.7. The number of hydrogen-bond acceptors (Lipinski definition) is 6. The summed E-state index contributed by atoms with van der Waals surface area (Å²) in [7, 11) is -2.12. The van der Waals surface area contributed by atoms with Gasteiger partial charge in [-0.1, -0.05) is 0 Å². The Morgan fingerprint density at radius 2 is 2.16 bits per heavy atom. The lowest BCUT2D eigenvalue weighted by Gasteiger charge is -2.08. The second kappa shape index (κ2) is 6.34. The number of ether oxygens (including phenoxy) is 1. The van der Waals surface area contributed by atoms with Crippen molar-refractivity contribution in [3.05, 3.63) is 28.3 Å². The maximum atomic E-state index is 10.7. The molecule has 8 nitrogen and oxygen atoms in total. The topological polar surface area (TPSA) is 125 Å². The highest BCUT2D eigenvalue weighted by atomic mass is 32.2. The number of nitro benzene ring substituents is 1. The summed E-state index contributed by atoms with van der Waals surface area (Å²) in [6.45, 7) is 0.386. The second-order valence-electron chi connectivity index (χ2n) is 3.79. The van der Waals surface area contributed by atoms with Crippen LogP contribution in [0.3, 0.4) is 0 Å². The van der Waals surface area contributed by atoms with Gasteiger partial charge in [-0.25, -0.2) is 13.6 Å². The van der Waals surface area contributed by atoms with Gasteiger partial charge < -0.3 is 10.1 Å². The number of primary sulfonamides is 1. The summed E-state index contributed by atoms with van der Waals surface area (Å²) in [6.07, 6.45) is 0.345. The summed E-state index contributed by atoms with van der Waals surface area (Å²) < 4.78 is 26.3. The average Bonchev–Trinajstić information content (AvgIpc) is 2.33. The Morgan fingerprint density at radius 1 is 1.47 bits per heavy atom. The van der Waals surface area contributed by atoms with Gasteiger partial charge in [0.25, 0.3) is 0 Å². The number of sulfonamides is 1. The van der Waals surface area contributed by atoms with Gasteiger partial charge in [-0.3, -0.25) is 10.1 Å². The van der Waals surface area contributed by atoms with E-state index in [2.05, 4.69) is 5.32 Å². The molecule has 3 N–H and O–H groups in total. The molecule has 0 radical (unpaired) electrons. The molecule has 0 heterocycles. The molecule has 0 aromatic heterocycles. The van der Waals surface area contributed by atoms with Gasteiger partial charge in [-0.15, -0.1) is 0 Å². The van der Waals surface area contributed by atoms with Crippen LogP contribution < -0.4 is 15.2 Å². The van der Waals surface area contributed by atoms with E-state index in [0.29, 0.717) is 18.7 Å². The largest absolute Gasteiger partial charge is 0.490 e. The van der Waals surface area contributed by atoms with Crippen LogP contribution in [0.5, 0.6) is 5.75 Å². The predicted molar refractivity (Wildman–Crippen MR) is 70.7 cm³/mol. The molecule has 0 amide bonds. The molecule has 1 aromatic carbocycles. The third kappa shape index (κ3) is 5.10. The van der Waals surface area contributed by atoms with E-state index in [1.165, 1.54) is 25.3 Å². The summed E-state index contributed by atoms with van der Waals surface area (Å²) in [6, 6.07) is 4.33. The van der Waals surface area contributed by atoms with E-state index in [4.69, 9.17) is 9.88 Å². The lowest BCUT2D eigenvalue weighted by atomic mass is 10.2. The number of rotatable bonds is 7. The molecule has 0 aliphatic rings.